The van der Waals surface area contributed by atoms with Gasteiger partial charge >= 0.3 is 0 Å². The molecule has 3 rings (SSSR count). The van der Waals surface area contributed by atoms with Gasteiger partial charge in [-0.1, -0.05) is 0 Å². The van der Waals surface area contributed by atoms with Gasteiger partial charge in [-0.15, -0.1) is 0 Å². The molecule has 0 saturated carbocycles. The van der Waals surface area contributed by atoms with Crippen LogP contribution in [0, 0.1) is 0 Å². The number of nitrogens with one attached hydrogen (secondary N) is 1. The van der Waals surface area contributed by atoms with Gasteiger partial charge in [-0.2, -0.15) is 5.10 Å². The normalized spacial score (nSPS) is 16.6. The molecule has 0 aliphatic carbocycles. The Hall–Kier alpha value is -2.08. The molecule has 1 N–H and O–H groups in total. The highest BCUT2D eigenvalue weighted by molar-refractivity contribution is 5.76. The van der Waals surface area contributed by atoms with Crippen LogP contribution in [0.1, 0.15) is 36.8 Å². The number of aromatic nitrogens is 2. The maximum Gasteiger partial charge on any atom is 0.220 e. The number of rotatable bonds is 7. The van der Waals surface area contributed by atoms with Gasteiger partial charge in [0, 0.05) is 31.9 Å². The monoisotopic (exact) mass is 316 g/mol. The summed E-state index contributed by atoms with van der Waals surface area (Å²) in [5.74, 6) is 1.00. The van der Waals surface area contributed by atoms with E-state index < -0.39 is 0 Å². The third-order valence-corrected chi connectivity index (χ3v) is 4.48. The Balaban J connectivity index is 1.52. The van der Waals surface area contributed by atoms with Gasteiger partial charge in [0.05, 0.1) is 12.3 Å². The van der Waals surface area contributed by atoms with Gasteiger partial charge in [0.1, 0.15) is 5.76 Å². The summed E-state index contributed by atoms with van der Waals surface area (Å²) in [7, 11) is 1.90. The molecule has 1 fully saturated rings. The van der Waals surface area contributed by atoms with Gasteiger partial charge in [0.15, 0.2) is 0 Å². The molecule has 0 spiro atoms. The minimum Gasteiger partial charge on any atom is -0.468 e. The second-order valence-corrected chi connectivity index (χ2v) is 6.02. The summed E-state index contributed by atoms with van der Waals surface area (Å²) in [6.07, 6.45) is 7.06. The molecule has 0 aromatic carbocycles. The van der Waals surface area contributed by atoms with E-state index in [2.05, 4.69) is 15.3 Å². The number of hydrogen-bond acceptors (Lipinski definition) is 4. The average molecular weight is 316 g/mol. The molecule has 6 nitrogen and oxygen atoms in total. The molecule has 6 heteroatoms. The van der Waals surface area contributed by atoms with Crippen molar-refractivity contribution in [2.75, 3.05) is 19.6 Å². The molecule has 3 heterocycles. The summed E-state index contributed by atoms with van der Waals surface area (Å²) >= 11 is 0. The molecule has 1 aliphatic rings. The third-order valence-electron chi connectivity index (χ3n) is 4.48. The zero-order chi connectivity index (χ0) is 16.1. The number of nitrogens with zero attached hydrogens (tertiary/aromatic N) is 3. The van der Waals surface area contributed by atoms with E-state index in [-0.39, 0.29) is 11.9 Å². The molecule has 23 heavy (non-hydrogen) atoms. The summed E-state index contributed by atoms with van der Waals surface area (Å²) < 4.78 is 7.38. The van der Waals surface area contributed by atoms with Gasteiger partial charge in [0.2, 0.25) is 5.91 Å². The van der Waals surface area contributed by atoms with Gasteiger partial charge in [-0.3, -0.25) is 14.4 Å². The maximum absolute atomic E-state index is 12.1. The number of likely N-dealkylation sites (tertiary alicyclic amines) is 1. The molecule has 1 amide bonds. The highest BCUT2D eigenvalue weighted by atomic mass is 16.3. The van der Waals surface area contributed by atoms with Crippen molar-refractivity contribution in [2.45, 2.75) is 31.7 Å². The van der Waals surface area contributed by atoms with Crippen LogP contribution < -0.4 is 5.32 Å². The number of hydrogen-bond donors (Lipinski definition) is 1. The molecule has 124 valence electrons. The molecule has 0 bridgehead atoms. The highest BCUT2D eigenvalue weighted by Crippen LogP contribution is 2.24. The predicted octanol–water partition coefficient (Wildman–Crippen LogP) is 1.90. The number of carbonyl (C=O) groups is 1. The number of aryl methyl sites for hydroxylation is 2. The lowest BCUT2D eigenvalue weighted by Gasteiger charge is -2.26. The highest BCUT2D eigenvalue weighted by Gasteiger charge is 2.25. The predicted molar refractivity (Wildman–Crippen MR) is 86.8 cm³/mol. The Morgan fingerprint density at radius 3 is 2.87 bits per heavy atom. The first-order chi connectivity index (χ1) is 11.2. The van der Waals surface area contributed by atoms with E-state index in [0.717, 1.165) is 24.5 Å². The van der Waals surface area contributed by atoms with Crippen LogP contribution in [-0.4, -0.2) is 40.2 Å². The van der Waals surface area contributed by atoms with Crippen molar-refractivity contribution >= 4 is 5.91 Å². The fourth-order valence-electron chi connectivity index (χ4n) is 3.13. The van der Waals surface area contributed by atoms with Gasteiger partial charge < -0.3 is 9.73 Å². The first kappa shape index (κ1) is 15.8. The van der Waals surface area contributed by atoms with Crippen LogP contribution in [0.5, 0.6) is 0 Å². The molecule has 1 atom stereocenters. The zero-order valence-corrected chi connectivity index (χ0v) is 13.6. The van der Waals surface area contributed by atoms with Gasteiger partial charge in [-0.25, -0.2) is 0 Å². The summed E-state index contributed by atoms with van der Waals surface area (Å²) in [6.45, 7) is 2.73. The van der Waals surface area contributed by atoms with Crippen LogP contribution in [-0.2, 0) is 18.3 Å². The molecule has 0 radical (unpaired) electrons. The number of carbonyl (C=O) groups excluding carboxylic acids is 1. The van der Waals surface area contributed by atoms with E-state index in [9.17, 15) is 4.79 Å². The van der Waals surface area contributed by atoms with E-state index in [1.54, 1.807) is 12.5 Å². The van der Waals surface area contributed by atoms with E-state index in [4.69, 9.17) is 4.42 Å². The van der Waals surface area contributed by atoms with E-state index >= 15 is 0 Å². The van der Waals surface area contributed by atoms with Crippen LogP contribution in [0.15, 0.2) is 35.1 Å². The minimum atomic E-state index is 0.0713. The maximum atomic E-state index is 12.1. The molecule has 0 unspecified atom stereocenters. The zero-order valence-electron chi connectivity index (χ0n) is 13.6. The fourth-order valence-corrected chi connectivity index (χ4v) is 3.13. The number of amides is 1. The standard InChI is InChI=1S/C17H24N4O2/c1-20-14(8-9-19-20)6-7-17(22)18-13-15(16-5-4-12-23-16)21-10-2-3-11-21/h4-5,8-9,12,15H,2-3,6-7,10-11,13H2,1H3,(H,18,22)/t15-/m1/s1. The SMILES string of the molecule is Cn1nccc1CCC(=O)NC[C@H](c1ccco1)N1CCCC1. The number of furan rings is 1. The first-order valence-electron chi connectivity index (χ1n) is 8.25. The first-order valence-corrected chi connectivity index (χ1v) is 8.25. The van der Waals surface area contributed by atoms with Crippen LogP contribution in [0.3, 0.4) is 0 Å². The molecule has 2 aromatic heterocycles. The molecule has 2 aromatic rings. The van der Waals surface area contributed by atoms with Gasteiger partial charge in [-0.05, 0) is 50.6 Å². The van der Waals surface area contributed by atoms with Crippen molar-refractivity contribution in [1.29, 1.82) is 0 Å². The van der Waals surface area contributed by atoms with Crippen LogP contribution in [0.4, 0.5) is 0 Å². The molecular formula is C17H24N4O2. The van der Waals surface area contributed by atoms with Crippen LogP contribution in [0.25, 0.3) is 0 Å². The summed E-state index contributed by atoms with van der Waals surface area (Å²) in [5, 5.41) is 7.18. The van der Waals surface area contributed by atoms with E-state index in [1.807, 2.05) is 29.9 Å². The third kappa shape index (κ3) is 4.01. The summed E-state index contributed by atoms with van der Waals surface area (Å²) in [4.78, 5) is 14.5. The van der Waals surface area contributed by atoms with E-state index in [0.29, 0.717) is 19.4 Å². The van der Waals surface area contributed by atoms with Crippen molar-refractivity contribution in [3.63, 3.8) is 0 Å². The minimum absolute atomic E-state index is 0.0713. The Kier molecular flexibility index (Phi) is 5.12. The molecular weight excluding hydrogens is 292 g/mol. The van der Waals surface area contributed by atoms with Crippen LogP contribution in [0.2, 0.25) is 0 Å². The van der Waals surface area contributed by atoms with Crippen molar-refractivity contribution < 1.29 is 9.21 Å². The summed E-state index contributed by atoms with van der Waals surface area (Å²) in [6, 6.07) is 5.98. The quantitative estimate of drug-likeness (QED) is 0.847. The second-order valence-electron chi connectivity index (χ2n) is 6.02. The average Bonchev–Trinajstić information content (AvgIpc) is 3.29. The van der Waals surface area contributed by atoms with Gasteiger partial charge in [0.25, 0.3) is 0 Å². The molecule has 1 saturated heterocycles. The topological polar surface area (TPSA) is 63.3 Å². The Bertz CT molecular complexity index is 614. The molecule has 1 aliphatic heterocycles. The Morgan fingerprint density at radius 1 is 1.39 bits per heavy atom. The van der Waals surface area contributed by atoms with Crippen molar-refractivity contribution in [2.24, 2.45) is 7.05 Å². The van der Waals surface area contributed by atoms with Crippen molar-refractivity contribution in [3.05, 3.63) is 42.1 Å². The van der Waals surface area contributed by atoms with Crippen LogP contribution >= 0.6 is 0 Å². The fraction of sp³-hybridized carbons (Fsp3) is 0.529. The van der Waals surface area contributed by atoms with E-state index in [1.165, 1.54) is 12.8 Å². The largest absolute Gasteiger partial charge is 0.468 e. The van der Waals surface area contributed by atoms with Crippen molar-refractivity contribution in [3.8, 4) is 0 Å². The smallest absolute Gasteiger partial charge is 0.220 e. The Labute approximate surface area is 136 Å². The van der Waals surface area contributed by atoms with Crippen molar-refractivity contribution in [1.82, 2.24) is 20.0 Å². The lowest BCUT2D eigenvalue weighted by atomic mass is 10.2. The lowest BCUT2D eigenvalue weighted by molar-refractivity contribution is -0.121. The summed E-state index contributed by atoms with van der Waals surface area (Å²) in [5.41, 5.74) is 1.07. The Morgan fingerprint density at radius 2 is 2.22 bits per heavy atom. The second kappa shape index (κ2) is 7.46. The lowest BCUT2D eigenvalue weighted by Crippen LogP contribution is -2.36.